The molecule has 244 valence electrons. The molecule has 0 radical (unpaired) electrons. The summed E-state index contributed by atoms with van der Waals surface area (Å²) in [5.41, 5.74) is 4.99. The van der Waals surface area contributed by atoms with Crippen LogP contribution < -0.4 is 0 Å². The Balaban J connectivity index is 1.86. The van der Waals surface area contributed by atoms with E-state index in [2.05, 4.69) is 83.1 Å². The van der Waals surface area contributed by atoms with Gasteiger partial charge in [0.1, 0.15) is 11.5 Å². The number of rotatable bonds is 10. The SMILES string of the molecule is CC(C)(C)c1cc(CCCOC(=O)/C=C\C(=O)OCCCc2cc(C(C)(C)C)c(O)c(C(C)(C)C)c2)cc(C(C)(C)C)c1O. The largest absolute Gasteiger partial charge is 0.507 e. The number of benzene rings is 2. The molecule has 0 aliphatic carbocycles. The van der Waals surface area contributed by atoms with Gasteiger partial charge in [0.05, 0.1) is 13.2 Å². The lowest BCUT2D eigenvalue weighted by molar-refractivity contribution is -0.140. The van der Waals surface area contributed by atoms with Gasteiger partial charge in [-0.2, -0.15) is 0 Å². The summed E-state index contributed by atoms with van der Waals surface area (Å²) >= 11 is 0. The number of aryl methyl sites for hydroxylation is 2. The summed E-state index contributed by atoms with van der Waals surface area (Å²) in [5.74, 6) is -0.484. The number of phenolic OH excluding ortho intramolecular Hbond substituents is 2. The van der Waals surface area contributed by atoms with E-state index in [0.717, 1.165) is 45.5 Å². The van der Waals surface area contributed by atoms with Gasteiger partial charge in [0.2, 0.25) is 0 Å². The molecule has 0 unspecified atom stereocenters. The minimum absolute atomic E-state index is 0.205. The molecule has 0 amide bonds. The summed E-state index contributed by atoms with van der Waals surface area (Å²) in [6, 6.07) is 8.15. The topological polar surface area (TPSA) is 93.1 Å². The maximum absolute atomic E-state index is 12.2. The average Bonchev–Trinajstić information content (AvgIpc) is 2.86. The van der Waals surface area contributed by atoms with E-state index >= 15 is 0 Å². The average molecular weight is 609 g/mol. The highest BCUT2D eigenvalue weighted by atomic mass is 16.5. The molecule has 0 bridgehead atoms. The number of esters is 2. The van der Waals surface area contributed by atoms with Gasteiger partial charge >= 0.3 is 11.9 Å². The van der Waals surface area contributed by atoms with Crippen LogP contribution in [0.3, 0.4) is 0 Å². The second-order valence-corrected chi connectivity index (χ2v) is 16.0. The molecule has 2 aromatic rings. The van der Waals surface area contributed by atoms with Crippen LogP contribution in [0.15, 0.2) is 36.4 Å². The van der Waals surface area contributed by atoms with Crippen molar-refractivity contribution in [1.82, 2.24) is 0 Å². The van der Waals surface area contributed by atoms with E-state index < -0.39 is 11.9 Å². The van der Waals surface area contributed by atoms with Crippen LogP contribution in [-0.4, -0.2) is 35.4 Å². The van der Waals surface area contributed by atoms with Crippen molar-refractivity contribution in [3.05, 3.63) is 69.8 Å². The van der Waals surface area contributed by atoms with Crippen LogP contribution in [0.1, 0.15) is 129 Å². The highest BCUT2D eigenvalue weighted by molar-refractivity contribution is 5.91. The lowest BCUT2D eigenvalue weighted by Crippen LogP contribution is -2.18. The first-order valence-electron chi connectivity index (χ1n) is 15.8. The van der Waals surface area contributed by atoms with E-state index in [1.165, 1.54) is 0 Å². The van der Waals surface area contributed by atoms with Crippen LogP contribution in [0.2, 0.25) is 0 Å². The molecule has 0 atom stereocenters. The third-order valence-corrected chi connectivity index (χ3v) is 7.64. The number of aromatic hydroxyl groups is 2. The fraction of sp³-hybridized carbons (Fsp3) is 0.579. The summed E-state index contributed by atoms with van der Waals surface area (Å²) in [4.78, 5) is 24.3. The summed E-state index contributed by atoms with van der Waals surface area (Å²) in [6.45, 7) is 25.4. The van der Waals surface area contributed by atoms with Crippen LogP contribution in [0.5, 0.6) is 11.5 Å². The van der Waals surface area contributed by atoms with E-state index in [0.29, 0.717) is 37.2 Å². The van der Waals surface area contributed by atoms with Gasteiger partial charge < -0.3 is 19.7 Å². The first kappa shape index (κ1) is 36.9. The highest BCUT2D eigenvalue weighted by Crippen LogP contribution is 2.41. The Bertz CT molecular complexity index is 1160. The van der Waals surface area contributed by atoms with Gasteiger partial charge in [0.25, 0.3) is 0 Å². The highest BCUT2D eigenvalue weighted by Gasteiger charge is 2.27. The van der Waals surface area contributed by atoms with Gasteiger partial charge in [-0.3, -0.25) is 0 Å². The molecule has 2 N–H and O–H groups in total. The molecule has 0 aromatic heterocycles. The van der Waals surface area contributed by atoms with Gasteiger partial charge in [-0.1, -0.05) is 107 Å². The molecule has 2 rings (SSSR count). The zero-order valence-electron chi connectivity index (χ0n) is 29.2. The predicted molar refractivity (Wildman–Crippen MR) is 179 cm³/mol. The van der Waals surface area contributed by atoms with Crippen LogP contribution in [0.25, 0.3) is 0 Å². The van der Waals surface area contributed by atoms with Gasteiger partial charge in [-0.15, -0.1) is 0 Å². The molecule has 0 fully saturated rings. The van der Waals surface area contributed by atoms with Crippen LogP contribution in [0, 0.1) is 0 Å². The van der Waals surface area contributed by atoms with Crippen LogP contribution in [0.4, 0.5) is 0 Å². The first-order chi connectivity index (χ1) is 20.0. The zero-order chi connectivity index (χ0) is 33.7. The Morgan fingerprint density at radius 3 is 1.02 bits per heavy atom. The summed E-state index contributed by atoms with van der Waals surface area (Å²) in [5, 5.41) is 21.8. The van der Waals surface area contributed by atoms with E-state index in [4.69, 9.17) is 9.47 Å². The smallest absolute Gasteiger partial charge is 0.331 e. The second kappa shape index (κ2) is 14.2. The van der Waals surface area contributed by atoms with E-state index in [9.17, 15) is 19.8 Å². The van der Waals surface area contributed by atoms with Gasteiger partial charge in [0, 0.05) is 12.2 Å². The van der Waals surface area contributed by atoms with Crippen molar-refractivity contribution in [2.24, 2.45) is 0 Å². The molecule has 6 heteroatoms. The quantitative estimate of drug-likeness (QED) is 0.160. The number of carbonyl (C=O) groups excluding carboxylic acids is 2. The lowest BCUT2D eigenvalue weighted by atomic mass is 9.78. The minimum atomic E-state index is -0.591. The van der Waals surface area contributed by atoms with Gasteiger partial charge in [-0.05, 0) is 80.7 Å². The molecule has 0 spiro atoms. The van der Waals surface area contributed by atoms with Crippen LogP contribution in [-0.2, 0) is 53.6 Å². The normalized spacial score (nSPS) is 12.9. The molecule has 0 heterocycles. The summed E-state index contributed by atoms with van der Waals surface area (Å²) in [6.07, 6.45) is 4.83. The third kappa shape index (κ3) is 10.7. The number of hydrogen-bond donors (Lipinski definition) is 2. The van der Waals surface area contributed by atoms with Crippen molar-refractivity contribution in [2.75, 3.05) is 13.2 Å². The Labute approximate surface area is 265 Å². The van der Waals surface area contributed by atoms with E-state index in [-0.39, 0.29) is 34.9 Å². The number of phenols is 2. The third-order valence-electron chi connectivity index (χ3n) is 7.64. The monoisotopic (exact) mass is 608 g/mol. The Morgan fingerprint density at radius 1 is 0.545 bits per heavy atom. The fourth-order valence-corrected chi connectivity index (χ4v) is 5.09. The Morgan fingerprint density at radius 2 is 0.795 bits per heavy atom. The van der Waals surface area contributed by atoms with Gasteiger partial charge in [0.15, 0.2) is 0 Å². The van der Waals surface area contributed by atoms with Crippen molar-refractivity contribution in [2.45, 2.75) is 130 Å². The maximum Gasteiger partial charge on any atom is 0.331 e. The molecule has 0 saturated heterocycles. The van der Waals surface area contributed by atoms with Crippen molar-refractivity contribution in [1.29, 1.82) is 0 Å². The first-order valence-corrected chi connectivity index (χ1v) is 15.8. The minimum Gasteiger partial charge on any atom is -0.507 e. The molecular formula is C38H56O6. The molecule has 0 saturated carbocycles. The Hall–Kier alpha value is -3.28. The number of ether oxygens (including phenoxy) is 2. The lowest BCUT2D eigenvalue weighted by Gasteiger charge is -2.28. The maximum atomic E-state index is 12.2. The second-order valence-electron chi connectivity index (χ2n) is 16.0. The molecule has 6 nitrogen and oxygen atoms in total. The summed E-state index contributed by atoms with van der Waals surface area (Å²) < 4.78 is 10.6. The molecule has 2 aromatic carbocycles. The molecule has 0 aliphatic rings. The van der Waals surface area contributed by atoms with Crippen molar-refractivity contribution in [3.8, 4) is 11.5 Å². The molecular weight excluding hydrogens is 552 g/mol. The van der Waals surface area contributed by atoms with E-state index in [1.807, 2.05) is 24.3 Å². The number of hydrogen-bond acceptors (Lipinski definition) is 6. The fourth-order valence-electron chi connectivity index (χ4n) is 5.09. The Kier molecular flexibility index (Phi) is 11.9. The van der Waals surface area contributed by atoms with Crippen LogP contribution >= 0.6 is 0 Å². The summed E-state index contributed by atoms with van der Waals surface area (Å²) in [7, 11) is 0. The van der Waals surface area contributed by atoms with Crippen molar-refractivity contribution < 1.29 is 29.3 Å². The standard InChI is InChI=1S/C38H56O6/c1-35(2,3)27-21-25(22-28(33(27)41)36(4,5)6)15-13-19-43-31(39)17-18-32(40)44-20-14-16-26-23-29(37(7,8)9)34(42)30(24-26)38(10,11)12/h17-18,21-24,41-42H,13-16,19-20H2,1-12H3/b18-17-. The van der Waals surface area contributed by atoms with Gasteiger partial charge in [-0.25, -0.2) is 9.59 Å². The predicted octanol–water partition coefficient (Wildman–Crippen LogP) is 8.50. The molecule has 44 heavy (non-hydrogen) atoms. The molecule has 0 aliphatic heterocycles. The van der Waals surface area contributed by atoms with Crippen molar-refractivity contribution >= 4 is 11.9 Å². The zero-order valence-corrected chi connectivity index (χ0v) is 29.2. The number of carbonyl (C=O) groups is 2. The van der Waals surface area contributed by atoms with Crippen molar-refractivity contribution in [3.63, 3.8) is 0 Å². The van der Waals surface area contributed by atoms with E-state index in [1.54, 1.807) is 0 Å².